The van der Waals surface area contributed by atoms with Crippen LogP contribution in [0.15, 0.2) is 53.4 Å². The summed E-state index contributed by atoms with van der Waals surface area (Å²) in [7, 11) is -3.66. The van der Waals surface area contributed by atoms with Gasteiger partial charge in [0, 0.05) is 18.4 Å². The highest BCUT2D eigenvalue weighted by molar-refractivity contribution is 7.92. The molecule has 0 bridgehead atoms. The Morgan fingerprint density at radius 2 is 1.74 bits per heavy atom. The maximum atomic E-state index is 12.4. The molecule has 0 amide bonds. The van der Waals surface area contributed by atoms with Crippen molar-refractivity contribution in [1.82, 2.24) is 0 Å². The molecular formula is C18H16N2O2S. The minimum Gasteiger partial charge on any atom is -0.278 e. The van der Waals surface area contributed by atoms with Crippen LogP contribution in [0.2, 0.25) is 0 Å². The molecule has 0 atom stereocenters. The van der Waals surface area contributed by atoms with Gasteiger partial charge in [0.25, 0.3) is 10.0 Å². The van der Waals surface area contributed by atoms with Crippen LogP contribution in [0.3, 0.4) is 0 Å². The first kappa shape index (κ1) is 16.6. The predicted molar refractivity (Wildman–Crippen MR) is 90.2 cm³/mol. The first-order valence-corrected chi connectivity index (χ1v) is 8.55. The zero-order chi connectivity index (χ0) is 16.7. The van der Waals surface area contributed by atoms with E-state index in [1.165, 1.54) is 0 Å². The first-order chi connectivity index (χ1) is 11.0. The topological polar surface area (TPSA) is 70.0 Å². The zero-order valence-electron chi connectivity index (χ0n) is 12.7. The number of nitrogens with zero attached hydrogens (tertiary/aromatic N) is 1. The third-order valence-corrected chi connectivity index (χ3v) is 4.47. The smallest absolute Gasteiger partial charge is 0.261 e. The molecule has 116 valence electrons. The number of hydrogen-bond acceptors (Lipinski definition) is 3. The molecule has 0 aliphatic carbocycles. The fraction of sp³-hybridized carbons (Fsp3) is 0.167. The van der Waals surface area contributed by atoms with E-state index >= 15 is 0 Å². The van der Waals surface area contributed by atoms with Crippen molar-refractivity contribution in [2.75, 3.05) is 4.72 Å². The number of para-hydroxylation sites is 1. The lowest BCUT2D eigenvalue weighted by molar-refractivity contribution is 0.601. The van der Waals surface area contributed by atoms with Crippen LogP contribution in [0.1, 0.15) is 24.0 Å². The second-order valence-corrected chi connectivity index (χ2v) is 6.61. The Morgan fingerprint density at radius 1 is 1.04 bits per heavy atom. The van der Waals surface area contributed by atoms with Crippen molar-refractivity contribution in [3.05, 3.63) is 59.7 Å². The van der Waals surface area contributed by atoms with Gasteiger partial charge in [-0.25, -0.2) is 8.42 Å². The molecule has 2 aromatic carbocycles. The van der Waals surface area contributed by atoms with E-state index in [1.807, 2.05) is 13.0 Å². The number of rotatable bonds is 4. The van der Waals surface area contributed by atoms with E-state index in [9.17, 15) is 8.42 Å². The van der Waals surface area contributed by atoms with Crippen molar-refractivity contribution in [1.29, 1.82) is 5.26 Å². The lowest BCUT2D eigenvalue weighted by atomic mass is 10.2. The molecular weight excluding hydrogens is 308 g/mol. The molecule has 1 N–H and O–H groups in total. The van der Waals surface area contributed by atoms with E-state index < -0.39 is 10.0 Å². The maximum Gasteiger partial charge on any atom is 0.261 e. The summed E-state index contributed by atoms with van der Waals surface area (Å²) >= 11 is 0. The Bertz CT molecular complexity index is 883. The third-order valence-electron chi connectivity index (χ3n) is 3.09. The Balaban J connectivity index is 2.27. The maximum absolute atomic E-state index is 12.4. The average Bonchev–Trinajstić information content (AvgIpc) is 2.53. The van der Waals surface area contributed by atoms with Crippen LogP contribution < -0.4 is 4.72 Å². The lowest BCUT2D eigenvalue weighted by Crippen LogP contribution is -2.13. The summed E-state index contributed by atoms with van der Waals surface area (Å²) in [6, 6.07) is 15.6. The normalized spacial score (nSPS) is 10.3. The van der Waals surface area contributed by atoms with E-state index in [-0.39, 0.29) is 4.90 Å². The highest BCUT2D eigenvalue weighted by Crippen LogP contribution is 2.19. The van der Waals surface area contributed by atoms with Crippen LogP contribution in [0.4, 0.5) is 5.69 Å². The molecule has 23 heavy (non-hydrogen) atoms. The fourth-order valence-corrected chi connectivity index (χ4v) is 2.96. The predicted octanol–water partition coefficient (Wildman–Crippen LogP) is 3.45. The molecule has 2 aromatic rings. The van der Waals surface area contributed by atoms with Gasteiger partial charge in [0.05, 0.1) is 16.7 Å². The fourth-order valence-electron chi connectivity index (χ4n) is 1.88. The minimum atomic E-state index is -3.66. The van der Waals surface area contributed by atoms with E-state index in [2.05, 4.69) is 16.6 Å². The van der Waals surface area contributed by atoms with Gasteiger partial charge in [0.15, 0.2) is 0 Å². The van der Waals surface area contributed by atoms with Crippen LogP contribution in [0.25, 0.3) is 0 Å². The summed E-state index contributed by atoms with van der Waals surface area (Å²) in [5.74, 6) is 5.77. The van der Waals surface area contributed by atoms with Crippen LogP contribution in [0, 0.1) is 30.1 Å². The summed E-state index contributed by atoms with van der Waals surface area (Å²) in [5.41, 5.74) is 2.01. The molecule has 4 nitrogen and oxygen atoms in total. The minimum absolute atomic E-state index is 0.204. The van der Waals surface area contributed by atoms with Crippen LogP contribution in [-0.4, -0.2) is 8.42 Å². The lowest BCUT2D eigenvalue weighted by Gasteiger charge is -2.10. The number of nitriles is 1. The van der Waals surface area contributed by atoms with E-state index in [0.29, 0.717) is 24.1 Å². The Kier molecular flexibility index (Phi) is 5.41. The van der Waals surface area contributed by atoms with E-state index in [1.54, 1.807) is 48.5 Å². The SMILES string of the molecule is Cc1ccc(S(=O)(=O)Nc2ccccc2C#CCCC#N)cc1. The molecule has 0 heterocycles. The van der Waals surface area contributed by atoms with Gasteiger partial charge < -0.3 is 0 Å². The number of aryl methyl sites for hydroxylation is 1. The molecule has 0 saturated heterocycles. The first-order valence-electron chi connectivity index (χ1n) is 7.07. The number of benzene rings is 2. The van der Waals surface area contributed by atoms with E-state index in [4.69, 9.17) is 5.26 Å². The molecule has 2 rings (SSSR count). The van der Waals surface area contributed by atoms with Crippen molar-refractivity contribution >= 4 is 15.7 Å². The van der Waals surface area contributed by atoms with Crippen LogP contribution in [0.5, 0.6) is 0 Å². The second-order valence-electron chi connectivity index (χ2n) is 4.92. The van der Waals surface area contributed by atoms with Crippen LogP contribution >= 0.6 is 0 Å². The zero-order valence-corrected chi connectivity index (χ0v) is 13.5. The van der Waals surface area contributed by atoms with Crippen molar-refractivity contribution in [3.63, 3.8) is 0 Å². The van der Waals surface area contributed by atoms with Crippen molar-refractivity contribution in [2.24, 2.45) is 0 Å². The van der Waals surface area contributed by atoms with Gasteiger partial charge in [-0.2, -0.15) is 5.26 Å². The second kappa shape index (κ2) is 7.49. The number of anilines is 1. The van der Waals surface area contributed by atoms with Gasteiger partial charge in [0.1, 0.15) is 0 Å². The Morgan fingerprint density at radius 3 is 2.43 bits per heavy atom. The largest absolute Gasteiger partial charge is 0.278 e. The molecule has 0 aliphatic rings. The standard InChI is InChI=1S/C18H16N2O2S/c1-15-10-12-17(13-11-15)23(21,22)20-18-9-5-4-8-16(18)7-3-2-6-14-19/h4-5,8-13,20H,2,6H2,1H3. The van der Waals surface area contributed by atoms with Gasteiger partial charge in [0.2, 0.25) is 0 Å². The monoisotopic (exact) mass is 324 g/mol. The van der Waals surface area contributed by atoms with Gasteiger partial charge in [-0.05, 0) is 31.2 Å². The number of nitrogens with one attached hydrogen (secondary N) is 1. The number of unbranched alkanes of at least 4 members (excludes halogenated alkanes) is 1. The molecule has 0 unspecified atom stereocenters. The molecule has 0 aromatic heterocycles. The highest BCUT2D eigenvalue weighted by atomic mass is 32.2. The Hall–Kier alpha value is -2.76. The summed E-state index contributed by atoms with van der Waals surface area (Å²) in [4.78, 5) is 0.204. The molecule has 0 saturated carbocycles. The highest BCUT2D eigenvalue weighted by Gasteiger charge is 2.15. The average molecular weight is 324 g/mol. The van der Waals surface area contributed by atoms with E-state index in [0.717, 1.165) is 5.56 Å². The molecule has 0 fully saturated rings. The van der Waals surface area contributed by atoms with Gasteiger partial charge >= 0.3 is 0 Å². The van der Waals surface area contributed by atoms with Crippen molar-refractivity contribution < 1.29 is 8.42 Å². The summed E-state index contributed by atoms with van der Waals surface area (Å²) in [6.45, 7) is 1.90. The molecule has 0 radical (unpaired) electrons. The number of sulfonamides is 1. The Labute approximate surface area is 136 Å². The molecule has 0 aliphatic heterocycles. The summed E-state index contributed by atoms with van der Waals surface area (Å²) in [5, 5.41) is 8.51. The quantitative estimate of drug-likeness (QED) is 0.692. The van der Waals surface area contributed by atoms with Crippen molar-refractivity contribution in [3.8, 4) is 17.9 Å². The van der Waals surface area contributed by atoms with Gasteiger partial charge in [-0.1, -0.05) is 41.7 Å². The number of hydrogen-bond donors (Lipinski definition) is 1. The molecule has 0 spiro atoms. The summed E-state index contributed by atoms with van der Waals surface area (Å²) < 4.78 is 27.4. The van der Waals surface area contributed by atoms with Gasteiger partial charge in [-0.15, -0.1) is 0 Å². The van der Waals surface area contributed by atoms with Gasteiger partial charge in [-0.3, -0.25) is 4.72 Å². The molecule has 5 heteroatoms. The van der Waals surface area contributed by atoms with Crippen LogP contribution in [-0.2, 0) is 10.0 Å². The van der Waals surface area contributed by atoms with Crippen molar-refractivity contribution in [2.45, 2.75) is 24.7 Å². The third kappa shape index (κ3) is 4.60. The summed E-state index contributed by atoms with van der Waals surface area (Å²) in [6.07, 6.45) is 0.805.